The molecule has 1 aliphatic carbocycles. The number of rotatable bonds is 4. The van der Waals surface area contributed by atoms with Crippen LogP contribution in [0.5, 0.6) is 5.75 Å². The van der Waals surface area contributed by atoms with E-state index in [4.69, 9.17) is 13.9 Å². The third-order valence-electron chi connectivity index (χ3n) is 4.42. The minimum absolute atomic E-state index is 0.0804. The topological polar surface area (TPSA) is 48.7 Å². The standard InChI is InChI=1S/C22H18O4/c1-14-5-3-4-6-17(14)22-18-9-7-15(23)11-20(18)26-21-12-16(25-13-24-2)8-10-19(21)22/h3-12H,13H2,1-2H3. The van der Waals surface area contributed by atoms with E-state index in [-0.39, 0.29) is 12.2 Å². The van der Waals surface area contributed by atoms with Crippen LogP contribution in [-0.4, -0.2) is 13.9 Å². The Morgan fingerprint density at radius 2 is 1.81 bits per heavy atom. The highest BCUT2D eigenvalue weighted by atomic mass is 16.7. The summed E-state index contributed by atoms with van der Waals surface area (Å²) in [6.07, 6.45) is 0. The lowest BCUT2D eigenvalue weighted by Gasteiger charge is -2.17. The molecule has 0 N–H and O–H groups in total. The molecule has 0 atom stereocenters. The highest BCUT2D eigenvalue weighted by Gasteiger charge is 2.18. The Morgan fingerprint density at radius 3 is 2.62 bits per heavy atom. The molecule has 0 amide bonds. The largest absolute Gasteiger partial charge is 0.467 e. The predicted octanol–water partition coefficient (Wildman–Crippen LogP) is 4.86. The van der Waals surface area contributed by atoms with Crippen molar-refractivity contribution in [2.24, 2.45) is 0 Å². The van der Waals surface area contributed by atoms with Crippen molar-refractivity contribution in [2.75, 3.05) is 13.9 Å². The molecule has 26 heavy (non-hydrogen) atoms. The van der Waals surface area contributed by atoms with E-state index < -0.39 is 0 Å². The van der Waals surface area contributed by atoms with E-state index in [1.165, 1.54) is 6.07 Å². The number of aryl methyl sites for hydroxylation is 1. The van der Waals surface area contributed by atoms with Crippen molar-refractivity contribution in [3.8, 4) is 28.2 Å². The predicted molar refractivity (Wildman–Crippen MR) is 102 cm³/mol. The lowest BCUT2D eigenvalue weighted by molar-refractivity contribution is 0.0512. The maximum Gasteiger partial charge on any atom is 0.188 e. The molecule has 4 nitrogen and oxygen atoms in total. The summed E-state index contributed by atoms with van der Waals surface area (Å²) in [6, 6.07) is 18.8. The SMILES string of the molecule is COCOc1ccc2c(-c3ccccc3C)c3ccc(=O)cc-3oc2c1. The van der Waals surface area contributed by atoms with Gasteiger partial charge in [-0.15, -0.1) is 0 Å². The molecule has 4 heteroatoms. The van der Waals surface area contributed by atoms with Crippen LogP contribution in [0.2, 0.25) is 0 Å². The van der Waals surface area contributed by atoms with Gasteiger partial charge in [-0.05, 0) is 42.3 Å². The number of hydrogen-bond acceptors (Lipinski definition) is 4. The Labute approximate surface area is 150 Å². The first-order valence-corrected chi connectivity index (χ1v) is 8.36. The molecule has 0 aromatic heterocycles. The van der Waals surface area contributed by atoms with Gasteiger partial charge >= 0.3 is 0 Å². The van der Waals surface area contributed by atoms with E-state index in [2.05, 4.69) is 19.1 Å². The summed E-state index contributed by atoms with van der Waals surface area (Å²) < 4.78 is 16.5. The lowest BCUT2D eigenvalue weighted by atomic mass is 9.91. The fraction of sp³-hybridized carbons (Fsp3) is 0.136. The molecule has 4 rings (SSSR count). The molecule has 2 aliphatic rings. The van der Waals surface area contributed by atoms with Gasteiger partial charge in [-0.25, -0.2) is 0 Å². The molecule has 2 aromatic rings. The Balaban J connectivity index is 2.06. The molecule has 0 saturated carbocycles. The van der Waals surface area contributed by atoms with E-state index in [0.717, 1.165) is 27.6 Å². The molecule has 2 aromatic carbocycles. The van der Waals surface area contributed by atoms with Gasteiger partial charge in [0.25, 0.3) is 0 Å². The Morgan fingerprint density at radius 1 is 0.962 bits per heavy atom. The minimum atomic E-state index is -0.0804. The van der Waals surface area contributed by atoms with E-state index in [1.807, 2.05) is 36.4 Å². The summed E-state index contributed by atoms with van der Waals surface area (Å²) in [4.78, 5) is 11.8. The fourth-order valence-corrected chi connectivity index (χ4v) is 3.21. The molecule has 0 saturated heterocycles. The van der Waals surface area contributed by atoms with Gasteiger partial charge < -0.3 is 13.9 Å². The molecule has 0 unspecified atom stereocenters. The number of methoxy groups -OCH3 is 1. The third-order valence-corrected chi connectivity index (χ3v) is 4.42. The summed E-state index contributed by atoms with van der Waals surface area (Å²) in [5.41, 5.74) is 4.82. The smallest absolute Gasteiger partial charge is 0.188 e. The monoisotopic (exact) mass is 346 g/mol. The summed E-state index contributed by atoms with van der Waals surface area (Å²) in [6.45, 7) is 2.24. The zero-order valence-corrected chi connectivity index (χ0v) is 14.6. The second kappa shape index (κ2) is 6.65. The van der Waals surface area contributed by atoms with Crippen LogP contribution in [0.3, 0.4) is 0 Å². The van der Waals surface area contributed by atoms with Gasteiger partial charge in [-0.1, -0.05) is 24.3 Å². The fourth-order valence-electron chi connectivity index (χ4n) is 3.21. The molecule has 0 radical (unpaired) electrons. The van der Waals surface area contributed by atoms with Gasteiger partial charge in [0.1, 0.15) is 17.1 Å². The molecular formula is C22H18O4. The molecule has 130 valence electrons. The first kappa shape index (κ1) is 16.4. The normalized spacial score (nSPS) is 11.2. The van der Waals surface area contributed by atoms with Crippen LogP contribution in [0, 0.1) is 6.92 Å². The molecule has 1 heterocycles. The first-order chi connectivity index (χ1) is 12.7. The second-order valence-electron chi connectivity index (χ2n) is 6.16. The van der Waals surface area contributed by atoms with Crippen molar-refractivity contribution in [2.45, 2.75) is 6.92 Å². The van der Waals surface area contributed by atoms with Crippen LogP contribution in [0.1, 0.15) is 5.56 Å². The zero-order valence-electron chi connectivity index (χ0n) is 14.6. The van der Waals surface area contributed by atoms with Crippen LogP contribution in [0.4, 0.5) is 0 Å². The van der Waals surface area contributed by atoms with Crippen LogP contribution in [0.25, 0.3) is 33.4 Å². The molecule has 1 aliphatic heterocycles. The number of ether oxygens (including phenoxy) is 2. The summed E-state index contributed by atoms with van der Waals surface area (Å²) in [7, 11) is 1.57. The Kier molecular flexibility index (Phi) is 4.19. The van der Waals surface area contributed by atoms with Crippen molar-refractivity contribution in [1.29, 1.82) is 0 Å². The van der Waals surface area contributed by atoms with Crippen LogP contribution >= 0.6 is 0 Å². The zero-order chi connectivity index (χ0) is 18.1. The van der Waals surface area contributed by atoms with E-state index in [1.54, 1.807) is 13.2 Å². The maximum absolute atomic E-state index is 11.8. The van der Waals surface area contributed by atoms with Crippen molar-refractivity contribution in [3.05, 3.63) is 76.5 Å². The quantitative estimate of drug-likeness (QED) is 0.391. The van der Waals surface area contributed by atoms with Gasteiger partial charge in [-0.2, -0.15) is 0 Å². The molecule has 0 bridgehead atoms. The van der Waals surface area contributed by atoms with Crippen molar-refractivity contribution >= 4 is 11.0 Å². The number of hydrogen-bond donors (Lipinski definition) is 0. The summed E-state index contributed by atoms with van der Waals surface area (Å²) in [5.74, 6) is 1.21. The average Bonchev–Trinajstić information content (AvgIpc) is 2.65. The first-order valence-electron chi connectivity index (χ1n) is 8.36. The van der Waals surface area contributed by atoms with Gasteiger partial charge in [0.05, 0.1) is 0 Å². The van der Waals surface area contributed by atoms with E-state index >= 15 is 0 Å². The van der Waals surface area contributed by atoms with E-state index in [0.29, 0.717) is 17.1 Å². The Bertz CT molecular complexity index is 1110. The van der Waals surface area contributed by atoms with Crippen molar-refractivity contribution in [1.82, 2.24) is 0 Å². The van der Waals surface area contributed by atoms with Gasteiger partial charge in [-0.3, -0.25) is 4.79 Å². The summed E-state index contributed by atoms with van der Waals surface area (Å²) in [5, 5.41) is 0.968. The molecule has 0 spiro atoms. The van der Waals surface area contributed by atoms with Gasteiger partial charge in [0.15, 0.2) is 12.2 Å². The second-order valence-corrected chi connectivity index (χ2v) is 6.16. The molecular weight excluding hydrogens is 328 g/mol. The van der Waals surface area contributed by atoms with Crippen molar-refractivity contribution in [3.63, 3.8) is 0 Å². The minimum Gasteiger partial charge on any atom is -0.467 e. The van der Waals surface area contributed by atoms with Crippen LogP contribution < -0.4 is 10.2 Å². The maximum atomic E-state index is 11.8. The van der Waals surface area contributed by atoms with Crippen LogP contribution in [-0.2, 0) is 4.74 Å². The highest BCUT2D eigenvalue weighted by molar-refractivity contribution is 6.02. The van der Waals surface area contributed by atoms with E-state index in [9.17, 15) is 4.79 Å². The summed E-state index contributed by atoms with van der Waals surface area (Å²) >= 11 is 0. The Hall–Kier alpha value is -3.11. The number of benzene rings is 3. The lowest BCUT2D eigenvalue weighted by Crippen LogP contribution is -2.01. The van der Waals surface area contributed by atoms with Gasteiger partial charge in [0, 0.05) is 35.8 Å². The van der Waals surface area contributed by atoms with Gasteiger partial charge in [0.2, 0.25) is 0 Å². The molecule has 0 fully saturated rings. The average molecular weight is 346 g/mol. The van der Waals surface area contributed by atoms with Crippen molar-refractivity contribution < 1.29 is 13.9 Å². The number of fused-ring (bicyclic) bond motifs is 2. The van der Waals surface area contributed by atoms with Crippen LogP contribution in [0.15, 0.2) is 69.9 Å². The highest BCUT2D eigenvalue weighted by Crippen LogP contribution is 2.41. The third kappa shape index (κ3) is 2.85.